The number of ether oxygens (including phenoxy) is 2. The van der Waals surface area contributed by atoms with E-state index in [1.807, 2.05) is 43.0 Å². The lowest BCUT2D eigenvalue weighted by atomic mass is 9.35. The van der Waals surface area contributed by atoms with E-state index in [1.54, 1.807) is 0 Å². The lowest BCUT2D eigenvalue weighted by Gasteiger charge is -2.34. The minimum atomic E-state index is -0.0982. The second-order valence-electron chi connectivity index (χ2n) is 14.7. The van der Waals surface area contributed by atoms with E-state index in [0.717, 1.165) is 97.8 Å². The van der Waals surface area contributed by atoms with E-state index in [2.05, 4.69) is 110 Å². The van der Waals surface area contributed by atoms with Crippen LogP contribution in [0.3, 0.4) is 0 Å². The first-order valence-electron chi connectivity index (χ1n) is 16.9. The molecule has 6 heterocycles. The van der Waals surface area contributed by atoms with Crippen molar-refractivity contribution in [2.45, 2.75) is 52.6 Å². The Bertz CT molecular complexity index is 2110. The zero-order chi connectivity index (χ0) is 33.7. The number of anilines is 2. The number of fused-ring (bicyclic) bond motifs is 4. The van der Waals surface area contributed by atoms with Crippen LogP contribution in [0, 0.1) is 0 Å². The smallest absolute Gasteiger partial charge is 0.260 e. The van der Waals surface area contributed by atoms with Crippen molar-refractivity contribution in [2.75, 3.05) is 22.9 Å². The third-order valence-electron chi connectivity index (χ3n) is 10.3. The number of aliphatic imine (C=N–C) groups is 2. The summed E-state index contributed by atoms with van der Waals surface area (Å²) in [5.41, 5.74) is 9.34. The van der Waals surface area contributed by atoms with Crippen molar-refractivity contribution in [3.05, 3.63) is 91.5 Å². The molecule has 9 rings (SSSR count). The van der Waals surface area contributed by atoms with Crippen molar-refractivity contribution in [3.8, 4) is 45.3 Å². The Balaban J connectivity index is 1.09. The van der Waals surface area contributed by atoms with Crippen molar-refractivity contribution in [2.24, 2.45) is 9.98 Å². The Morgan fingerprint density at radius 1 is 0.571 bits per heavy atom. The second kappa shape index (κ2) is 10.5. The fourth-order valence-electron chi connectivity index (χ4n) is 8.05. The minimum Gasteiger partial charge on any atom is -0.458 e. The summed E-state index contributed by atoms with van der Waals surface area (Å²) < 4.78 is 13.2. The average molecular weight is 645 g/mol. The van der Waals surface area contributed by atoms with E-state index in [-0.39, 0.29) is 17.8 Å². The number of benzene rings is 3. The third kappa shape index (κ3) is 4.66. The number of aromatic nitrogens is 2. The van der Waals surface area contributed by atoms with Gasteiger partial charge in [0.25, 0.3) is 6.71 Å². The molecule has 5 aromatic rings. The second-order valence-corrected chi connectivity index (χ2v) is 14.7. The Morgan fingerprint density at radius 2 is 1.04 bits per heavy atom. The van der Waals surface area contributed by atoms with Crippen molar-refractivity contribution in [1.29, 1.82) is 0 Å². The fraction of sp³-hybridized carbons (Fsp3) is 0.250. The van der Waals surface area contributed by atoms with Gasteiger partial charge in [-0.25, -0.2) is 0 Å². The number of rotatable bonds is 4. The van der Waals surface area contributed by atoms with Gasteiger partial charge in [-0.3, -0.25) is 20.0 Å². The lowest BCUT2D eigenvalue weighted by molar-refractivity contribution is 0.464. The molecule has 49 heavy (non-hydrogen) atoms. The molecule has 0 bridgehead atoms. The maximum absolute atomic E-state index is 6.61. The molecule has 4 aliphatic rings. The van der Waals surface area contributed by atoms with E-state index in [9.17, 15) is 0 Å². The largest absolute Gasteiger partial charge is 0.458 e. The predicted octanol–water partition coefficient (Wildman–Crippen LogP) is 6.57. The molecule has 0 spiro atoms. The molecule has 0 amide bonds. The number of amidine groups is 2. The molecule has 0 N–H and O–H groups in total. The van der Waals surface area contributed by atoms with Gasteiger partial charge >= 0.3 is 0 Å². The Labute approximate surface area is 287 Å². The highest BCUT2D eigenvalue weighted by Gasteiger charge is 2.40. The molecule has 242 valence electrons. The molecular weight excluding hydrogens is 607 g/mol. The van der Waals surface area contributed by atoms with Crippen LogP contribution in [0.25, 0.3) is 22.3 Å². The first kappa shape index (κ1) is 29.7. The summed E-state index contributed by atoms with van der Waals surface area (Å²) in [7, 11) is 0. The van der Waals surface area contributed by atoms with Crippen LogP contribution in [0.4, 0.5) is 11.4 Å². The summed E-state index contributed by atoms with van der Waals surface area (Å²) in [4.78, 5) is 23.2. The molecule has 3 aromatic carbocycles. The Morgan fingerprint density at radius 3 is 1.47 bits per heavy atom. The number of pyridine rings is 2. The van der Waals surface area contributed by atoms with E-state index < -0.39 is 0 Å². The number of hydrogen-bond acceptors (Lipinski definition) is 8. The first-order chi connectivity index (χ1) is 23.6. The molecule has 0 fully saturated rings. The quantitative estimate of drug-likeness (QED) is 0.202. The lowest BCUT2D eigenvalue weighted by Crippen LogP contribution is -2.57. The standard InChI is InChI=1S/C40H37BN6O2/c1-24-44-22-39(3,4)46(24)30-14-28(18-42-20-30)26-10-12-32-36(16-26)48-34-8-7-9-35-38(34)41(32)33-13-11-27(17-37(33)49-35)29-15-31(21-43-19-29)47-25(2)45-23-40(47,5)6/h7-21H,22-23H2,1-6H3. The summed E-state index contributed by atoms with van der Waals surface area (Å²) in [5.74, 6) is 5.35. The Kier molecular flexibility index (Phi) is 6.38. The van der Waals surface area contributed by atoms with Crippen molar-refractivity contribution < 1.29 is 9.47 Å². The van der Waals surface area contributed by atoms with Crippen molar-refractivity contribution >= 4 is 46.1 Å². The summed E-state index contributed by atoms with van der Waals surface area (Å²) in [6.45, 7) is 14.5. The van der Waals surface area contributed by atoms with Gasteiger partial charge in [-0.15, -0.1) is 0 Å². The summed E-state index contributed by atoms with van der Waals surface area (Å²) in [5, 5.41) is 0. The molecule has 0 saturated carbocycles. The van der Waals surface area contributed by atoms with Gasteiger partial charge in [0.15, 0.2) is 0 Å². The molecule has 4 aliphatic heterocycles. The molecule has 2 aromatic heterocycles. The Hall–Kier alpha value is -5.44. The average Bonchev–Trinajstić information content (AvgIpc) is 3.54. The van der Waals surface area contributed by atoms with Gasteiger partial charge < -0.3 is 19.3 Å². The third-order valence-corrected chi connectivity index (χ3v) is 10.3. The number of nitrogens with zero attached hydrogens (tertiary/aromatic N) is 6. The van der Waals surface area contributed by atoms with Crippen molar-refractivity contribution in [3.63, 3.8) is 0 Å². The zero-order valence-corrected chi connectivity index (χ0v) is 28.7. The van der Waals surface area contributed by atoms with Crippen LogP contribution in [0.2, 0.25) is 0 Å². The number of hydrogen-bond donors (Lipinski definition) is 0. The summed E-state index contributed by atoms with van der Waals surface area (Å²) in [6, 6.07) is 23.5. The fourth-order valence-corrected chi connectivity index (χ4v) is 8.05. The highest BCUT2D eigenvalue weighted by atomic mass is 16.5. The highest BCUT2D eigenvalue weighted by Crippen LogP contribution is 2.39. The molecule has 0 radical (unpaired) electrons. The minimum absolute atomic E-state index is 0.0239. The topological polar surface area (TPSA) is 75.4 Å². The van der Waals surface area contributed by atoms with Crippen LogP contribution >= 0.6 is 0 Å². The van der Waals surface area contributed by atoms with Gasteiger partial charge in [-0.05, 0) is 100.0 Å². The molecular formula is C40H37BN6O2. The zero-order valence-electron chi connectivity index (χ0n) is 28.7. The van der Waals surface area contributed by atoms with Gasteiger partial charge in [0.1, 0.15) is 34.7 Å². The van der Waals surface area contributed by atoms with Crippen LogP contribution in [0.15, 0.2) is 102 Å². The maximum atomic E-state index is 6.61. The molecule has 9 heteroatoms. The SMILES string of the molecule is CC1=NCC(C)(C)N1c1cncc(-c2ccc3c(c2)Oc2cccc4c2B3c2ccc(-c3cncc(N5C(C)=NCC5(C)C)c3)cc2O4)c1. The van der Waals surface area contributed by atoms with E-state index in [4.69, 9.17) is 19.5 Å². The maximum Gasteiger partial charge on any atom is 0.260 e. The van der Waals surface area contributed by atoms with Crippen LogP contribution in [-0.2, 0) is 0 Å². The van der Waals surface area contributed by atoms with Crippen LogP contribution in [0.1, 0.15) is 41.5 Å². The first-order valence-corrected chi connectivity index (χ1v) is 16.9. The van der Waals surface area contributed by atoms with Gasteiger partial charge in [-0.1, -0.05) is 30.3 Å². The normalized spacial score (nSPS) is 17.8. The molecule has 0 unspecified atom stereocenters. The molecule has 0 aliphatic carbocycles. The predicted molar refractivity (Wildman–Crippen MR) is 200 cm³/mol. The summed E-state index contributed by atoms with van der Waals surface area (Å²) >= 11 is 0. The summed E-state index contributed by atoms with van der Waals surface area (Å²) in [6.07, 6.45) is 7.68. The molecule has 8 nitrogen and oxygen atoms in total. The van der Waals surface area contributed by atoms with E-state index in [0.29, 0.717) is 0 Å². The van der Waals surface area contributed by atoms with Gasteiger partial charge in [0.2, 0.25) is 0 Å². The monoisotopic (exact) mass is 644 g/mol. The van der Waals surface area contributed by atoms with E-state index in [1.165, 1.54) is 0 Å². The molecule has 0 saturated heterocycles. The van der Waals surface area contributed by atoms with Gasteiger partial charge in [0.05, 0.1) is 47.9 Å². The van der Waals surface area contributed by atoms with E-state index >= 15 is 0 Å². The van der Waals surface area contributed by atoms with Crippen LogP contribution < -0.4 is 35.7 Å². The van der Waals surface area contributed by atoms with Crippen LogP contribution in [-0.4, -0.2) is 52.5 Å². The van der Waals surface area contributed by atoms with Gasteiger partial charge in [0, 0.05) is 29.0 Å². The van der Waals surface area contributed by atoms with Crippen molar-refractivity contribution in [1.82, 2.24) is 9.97 Å². The van der Waals surface area contributed by atoms with Gasteiger partial charge in [-0.2, -0.15) is 0 Å². The highest BCUT2D eigenvalue weighted by molar-refractivity contribution is 6.98. The molecule has 0 atom stereocenters. The van der Waals surface area contributed by atoms with Crippen LogP contribution in [0.5, 0.6) is 23.0 Å².